The highest BCUT2D eigenvalue weighted by Gasteiger charge is 2.83. The van der Waals surface area contributed by atoms with E-state index in [1.807, 2.05) is 0 Å². The van der Waals surface area contributed by atoms with Gasteiger partial charge in [-0.1, -0.05) is 0 Å². The molecule has 3 aliphatic heterocycles. The van der Waals surface area contributed by atoms with Gasteiger partial charge < -0.3 is 9.47 Å². The summed E-state index contributed by atoms with van der Waals surface area (Å²) in [6, 6.07) is 3.13. The Morgan fingerprint density at radius 2 is 1.73 bits per heavy atom. The largest absolute Gasteiger partial charge is 0.442 e. The number of fused-ring (bicyclic) bond motifs is 5. The minimum Gasteiger partial charge on any atom is -0.442 e. The highest BCUT2D eigenvalue weighted by molar-refractivity contribution is 6.27. The molecule has 0 aromatic heterocycles. The van der Waals surface area contributed by atoms with Crippen LogP contribution < -0.4 is 4.90 Å². The topological polar surface area (TPSA) is 133 Å². The molecule has 2 bridgehead atoms. The van der Waals surface area contributed by atoms with E-state index in [-0.39, 0.29) is 4.90 Å². The van der Waals surface area contributed by atoms with Gasteiger partial charge in [-0.15, -0.1) is 0 Å². The molecule has 3 heterocycles. The van der Waals surface area contributed by atoms with Gasteiger partial charge >= 0.3 is 24.5 Å². The van der Waals surface area contributed by atoms with Crippen molar-refractivity contribution in [3.8, 4) is 6.07 Å². The first kappa shape index (κ1) is 30.2. The van der Waals surface area contributed by atoms with Gasteiger partial charge in [-0.25, -0.2) is 10.4 Å². The summed E-state index contributed by atoms with van der Waals surface area (Å²) in [4.78, 5) is 40.4. The van der Waals surface area contributed by atoms with E-state index in [2.05, 4.69) is 9.85 Å². The molecular formula is C23H17F9N4O5. The summed E-state index contributed by atoms with van der Waals surface area (Å²) < 4.78 is 129. The highest BCUT2D eigenvalue weighted by Crippen LogP contribution is 2.64. The summed E-state index contributed by atoms with van der Waals surface area (Å²) in [6.45, 7) is 2.12. The maximum Gasteiger partial charge on any atom is 0.434 e. The van der Waals surface area contributed by atoms with E-state index >= 15 is 0 Å². The maximum absolute atomic E-state index is 13.7. The van der Waals surface area contributed by atoms with Crippen LogP contribution in [0.3, 0.4) is 0 Å². The number of benzene rings is 1. The molecule has 3 fully saturated rings. The van der Waals surface area contributed by atoms with E-state index in [1.165, 1.54) is 13.0 Å². The Kier molecular flexibility index (Phi) is 6.54. The number of carbonyl (C=O) groups excluding carboxylic acids is 3. The van der Waals surface area contributed by atoms with Crippen LogP contribution in [0.15, 0.2) is 23.3 Å². The Hall–Kier alpha value is -3.75. The second-order valence-electron chi connectivity index (χ2n) is 10.1. The van der Waals surface area contributed by atoms with E-state index in [0.29, 0.717) is 12.1 Å². The number of imide groups is 1. The van der Waals surface area contributed by atoms with Crippen LogP contribution >= 0.6 is 0 Å². The van der Waals surface area contributed by atoms with Crippen LogP contribution in [0.2, 0.25) is 0 Å². The molecule has 41 heavy (non-hydrogen) atoms. The average Bonchev–Trinajstić information content (AvgIpc) is 3.16. The van der Waals surface area contributed by atoms with Crippen molar-refractivity contribution >= 4 is 23.5 Å². The van der Waals surface area contributed by atoms with Crippen LogP contribution in [0.1, 0.15) is 37.8 Å². The number of rotatable bonds is 4. The second kappa shape index (κ2) is 8.87. The van der Waals surface area contributed by atoms with E-state index in [0.717, 1.165) is 13.0 Å². The van der Waals surface area contributed by atoms with Gasteiger partial charge in [-0.2, -0.15) is 49.9 Å². The zero-order valence-corrected chi connectivity index (χ0v) is 20.7. The summed E-state index contributed by atoms with van der Waals surface area (Å²) in [7, 11) is 0. The number of alkyl halides is 9. The van der Waals surface area contributed by atoms with Crippen LogP contribution in [0, 0.1) is 28.7 Å². The molecule has 3 unspecified atom stereocenters. The lowest BCUT2D eigenvalue weighted by molar-refractivity contribution is -0.316. The molecule has 1 aromatic rings. The summed E-state index contributed by atoms with van der Waals surface area (Å²) in [5.41, 5.74) is -2.12. The fraction of sp³-hybridized carbons (Fsp3) is 0.565. The molecule has 5 atom stereocenters. The van der Waals surface area contributed by atoms with Crippen LogP contribution in [0.4, 0.5) is 45.2 Å². The van der Waals surface area contributed by atoms with E-state index in [9.17, 15) is 53.9 Å². The van der Waals surface area contributed by atoms with Gasteiger partial charge in [0.05, 0.1) is 34.4 Å². The lowest BCUT2D eigenvalue weighted by atomic mass is 9.71. The number of hydrogen-bond acceptors (Lipinski definition) is 8. The predicted octanol–water partition coefficient (Wildman–Crippen LogP) is 4.83. The smallest absolute Gasteiger partial charge is 0.434 e. The fourth-order valence-corrected chi connectivity index (χ4v) is 6.08. The molecule has 9 nitrogen and oxygen atoms in total. The van der Waals surface area contributed by atoms with Crippen molar-refractivity contribution in [2.75, 3.05) is 4.90 Å². The molecule has 1 aromatic carbocycles. The fourth-order valence-electron chi connectivity index (χ4n) is 6.08. The number of hydrogen-bond donors (Lipinski definition) is 1. The van der Waals surface area contributed by atoms with Crippen molar-refractivity contribution in [2.45, 2.75) is 68.1 Å². The van der Waals surface area contributed by atoms with Gasteiger partial charge in [0.25, 0.3) is 12.0 Å². The van der Waals surface area contributed by atoms with Crippen LogP contribution in [-0.4, -0.2) is 53.0 Å². The average molecular weight is 600 g/mol. The quantitative estimate of drug-likeness (QED) is 0.228. The Labute approximate surface area is 223 Å². The number of amides is 2. The lowest BCUT2D eigenvalue weighted by Crippen LogP contribution is -2.56. The van der Waals surface area contributed by atoms with Crippen LogP contribution in [0.25, 0.3) is 0 Å². The second-order valence-corrected chi connectivity index (χ2v) is 10.1. The van der Waals surface area contributed by atoms with Gasteiger partial charge in [0, 0.05) is 0 Å². The summed E-state index contributed by atoms with van der Waals surface area (Å²) in [5.74, 6) is -8.86. The minimum atomic E-state index is -6.06. The molecule has 1 N–H and O–H groups in total. The normalized spacial score (nSPS) is 31.7. The zero-order chi connectivity index (χ0) is 31.1. The molecule has 4 rings (SSSR count). The predicted molar refractivity (Wildman–Crippen MR) is 113 cm³/mol. The first-order chi connectivity index (χ1) is 18.6. The number of esters is 1. The molecule has 0 spiro atoms. The number of carbonyl (C=O) groups is 3. The lowest BCUT2D eigenvalue weighted by Gasteiger charge is -2.43. The zero-order valence-electron chi connectivity index (χ0n) is 20.7. The number of nitriles is 1. The third kappa shape index (κ3) is 4.15. The first-order valence-electron chi connectivity index (χ1n) is 11.5. The monoisotopic (exact) mass is 600 g/mol. The van der Waals surface area contributed by atoms with Crippen molar-refractivity contribution in [1.82, 2.24) is 0 Å². The van der Waals surface area contributed by atoms with Gasteiger partial charge in [-0.05, 0) is 44.9 Å². The minimum absolute atomic E-state index is 0.222. The molecule has 0 aliphatic carbocycles. The summed E-state index contributed by atoms with van der Waals surface area (Å²) in [6.07, 6.45) is -22.8. The van der Waals surface area contributed by atoms with Crippen LogP contribution in [0.5, 0.6) is 0 Å². The molecule has 0 radical (unpaired) electrons. The van der Waals surface area contributed by atoms with E-state index in [1.54, 1.807) is 0 Å². The highest BCUT2D eigenvalue weighted by atomic mass is 19.4. The molecule has 222 valence electrons. The Morgan fingerprint density at radius 1 is 1.15 bits per heavy atom. The summed E-state index contributed by atoms with van der Waals surface area (Å²) >= 11 is 0. The maximum atomic E-state index is 13.7. The molecule has 3 aliphatic rings. The van der Waals surface area contributed by atoms with Crippen LogP contribution in [-0.2, 0) is 30.0 Å². The molecule has 18 heteroatoms. The van der Waals surface area contributed by atoms with Crippen molar-refractivity contribution in [3.63, 3.8) is 0 Å². The van der Waals surface area contributed by atoms with Crippen molar-refractivity contribution in [2.24, 2.45) is 17.0 Å². The number of halogens is 9. The number of nitrogens with one attached hydrogen (secondary N) is 1. The molecular weight excluding hydrogens is 583 g/mol. The Balaban J connectivity index is 1.82. The van der Waals surface area contributed by atoms with Crippen molar-refractivity contribution < 1.29 is 63.4 Å². The Bertz CT molecular complexity index is 1370. The van der Waals surface area contributed by atoms with Crippen molar-refractivity contribution in [3.05, 3.63) is 29.3 Å². The molecule has 2 amide bonds. The first-order valence-corrected chi connectivity index (χ1v) is 11.5. The van der Waals surface area contributed by atoms with Gasteiger partial charge in [0.2, 0.25) is 11.4 Å². The van der Waals surface area contributed by atoms with Gasteiger partial charge in [-0.3, -0.25) is 14.4 Å². The summed E-state index contributed by atoms with van der Waals surface area (Å²) in [5, 5.41) is 12.3. The third-order valence-corrected chi connectivity index (χ3v) is 7.82. The third-order valence-electron chi connectivity index (χ3n) is 7.82. The number of ether oxygens (including phenoxy) is 2. The standard InChI is InChI=1S/C23H17F9N4O5/c1-18-6-5-11(15(38)40-16(22(27,28)29)23(30,31)32)19(2,41-18)13-14(37)36(17(39)20(13,18)35-34)10-4-3-9(8-33)12(7-10)21(24,25)26/h3-4,7,11,13,16,34H,5-6H2,1-2H3/t11-,13?,18?,19?,20-/m0/s1. The van der Waals surface area contributed by atoms with Gasteiger partial charge in [0.15, 0.2) is 0 Å². The number of nitrogens with zero attached hydrogens (tertiary/aromatic N) is 3. The van der Waals surface area contributed by atoms with Crippen molar-refractivity contribution in [1.29, 1.82) is 10.8 Å². The number of anilines is 1. The van der Waals surface area contributed by atoms with E-state index in [4.69, 9.17) is 15.5 Å². The molecule has 3 saturated heterocycles. The Morgan fingerprint density at radius 3 is 2.22 bits per heavy atom. The van der Waals surface area contributed by atoms with E-state index < -0.39 is 101 Å². The molecule has 0 saturated carbocycles. The van der Waals surface area contributed by atoms with Gasteiger partial charge in [0.1, 0.15) is 11.5 Å². The SMILES string of the molecule is CC12OC(C)(CC[C@H]1C(=O)OC(C(F)(F)F)C(F)(F)F)[C@@]1(N=N)C(=O)N(c3ccc(C#N)c(C(F)(F)F)c3)C(=O)C21.